The Labute approximate surface area is 337 Å². The highest BCUT2D eigenvalue weighted by Crippen LogP contribution is 2.44. The van der Waals surface area contributed by atoms with Crippen LogP contribution in [-0.2, 0) is 0 Å². The monoisotopic (exact) mass is 739 g/mol. The minimum atomic E-state index is 0.905. The molecular weight excluding hydrogens is 703 g/mol. The van der Waals surface area contributed by atoms with Gasteiger partial charge in [-0.2, -0.15) is 0 Å². The van der Waals surface area contributed by atoms with Crippen LogP contribution in [0.2, 0.25) is 0 Å². The smallest absolute Gasteiger partial charge is 0.136 e. The fraction of sp³-hybridized carbons (Fsp3) is 0. The summed E-state index contributed by atoms with van der Waals surface area (Å²) in [6, 6.07) is 80.8. The Morgan fingerprint density at radius 2 is 0.845 bits per heavy atom. The van der Waals surface area contributed by atoms with Gasteiger partial charge in [0.05, 0.1) is 5.69 Å². The number of hydrogen-bond donors (Lipinski definition) is 0. The van der Waals surface area contributed by atoms with E-state index in [1.165, 1.54) is 54.9 Å². The fourth-order valence-corrected chi connectivity index (χ4v) is 8.53. The molecule has 0 atom stereocenters. The molecule has 10 aromatic carbocycles. The Bertz CT molecular complexity index is 3270. The number of rotatable bonds is 7. The van der Waals surface area contributed by atoms with Crippen molar-refractivity contribution in [2.75, 3.05) is 4.90 Å². The molecule has 0 bridgehead atoms. The summed E-state index contributed by atoms with van der Waals surface area (Å²) in [4.78, 5) is 2.39. The summed E-state index contributed by atoms with van der Waals surface area (Å²) < 4.78 is 6.30. The van der Waals surface area contributed by atoms with Crippen molar-refractivity contribution in [2.45, 2.75) is 0 Å². The molecule has 0 saturated carbocycles. The molecule has 0 N–H and O–H groups in total. The molecule has 11 rings (SSSR count). The van der Waals surface area contributed by atoms with Crippen molar-refractivity contribution >= 4 is 60.5 Å². The number of anilines is 3. The van der Waals surface area contributed by atoms with Crippen molar-refractivity contribution in [1.82, 2.24) is 0 Å². The molecular formula is C56H37NO. The zero-order valence-corrected chi connectivity index (χ0v) is 31.7. The Hall–Kier alpha value is -7.68. The molecule has 2 nitrogen and oxygen atoms in total. The molecule has 272 valence electrons. The Balaban J connectivity index is 1.02. The van der Waals surface area contributed by atoms with Gasteiger partial charge in [0.2, 0.25) is 0 Å². The lowest BCUT2D eigenvalue weighted by molar-refractivity contribution is 0.669. The molecule has 2 heteroatoms. The summed E-state index contributed by atoms with van der Waals surface area (Å²) in [6.07, 6.45) is 0. The molecule has 1 aromatic heterocycles. The third-order valence-corrected chi connectivity index (χ3v) is 11.5. The Kier molecular flexibility index (Phi) is 8.19. The standard InChI is InChI=1S/C56H37NO/c1-2-11-38(12-3-1)40-25-30-48(31-26-40)57(49-32-27-41(28-33-49)44-15-10-16-45(35-44)46-23-21-39-13-4-5-14-43(39)36-46)53-19-8-6-17-50(53)47-24-22-42-29-34-55-56(52(42)37-47)51-18-7-9-20-54(51)58-55/h1-37H. The lowest BCUT2D eigenvalue weighted by Gasteiger charge is -2.28. The molecule has 0 aliphatic rings. The van der Waals surface area contributed by atoms with Crippen LogP contribution in [0.5, 0.6) is 0 Å². The molecule has 0 fully saturated rings. The lowest BCUT2D eigenvalue weighted by atomic mass is 9.96. The molecule has 0 aliphatic carbocycles. The number of para-hydroxylation sites is 2. The topological polar surface area (TPSA) is 16.4 Å². The van der Waals surface area contributed by atoms with Crippen molar-refractivity contribution in [2.24, 2.45) is 0 Å². The van der Waals surface area contributed by atoms with Gasteiger partial charge in [-0.05, 0) is 121 Å². The number of nitrogens with zero attached hydrogens (tertiary/aromatic N) is 1. The highest BCUT2D eigenvalue weighted by atomic mass is 16.3. The van der Waals surface area contributed by atoms with Crippen LogP contribution in [0, 0.1) is 0 Å². The molecule has 58 heavy (non-hydrogen) atoms. The Morgan fingerprint density at radius 1 is 0.293 bits per heavy atom. The molecule has 0 saturated heterocycles. The molecule has 1 heterocycles. The first-order valence-corrected chi connectivity index (χ1v) is 19.8. The first kappa shape index (κ1) is 33.6. The van der Waals surface area contributed by atoms with Gasteiger partial charge in [0.25, 0.3) is 0 Å². The highest BCUT2D eigenvalue weighted by molar-refractivity contribution is 6.19. The van der Waals surface area contributed by atoms with E-state index in [0.717, 1.165) is 50.1 Å². The van der Waals surface area contributed by atoms with E-state index in [9.17, 15) is 0 Å². The summed E-state index contributed by atoms with van der Waals surface area (Å²) >= 11 is 0. The molecule has 0 unspecified atom stereocenters. The van der Waals surface area contributed by atoms with E-state index in [4.69, 9.17) is 4.42 Å². The van der Waals surface area contributed by atoms with E-state index < -0.39 is 0 Å². The maximum atomic E-state index is 6.30. The normalized spacial score (nSPS) is 11.4. The maximum Gasteiger partial charge on any atom is 0.136 e. The summed E-state index contributed by atoms with van der Waals surface area (Å²) in [5.74, 6) is 0. The number of fused-ring (bicyclic) bond motifs is 6. The maximum absolute atomic E-state index is 6.30. The number of benzene rings is 10. The third kappa shape index (κ3) is 6.00. The minimum absolute atomic E-state index is 0.905. The van der Waals surface area contributed by atoms with Crippen LogP contribution in [0.4, 0.5) is 17.1 Å². The summed E-state index contributed by atoms with van der Waals surface area (Å²) in [6.45, 7) is 0. The van der Waals surface area contributed by atoms with Crippen LogP contribution in [0.25, 0.3) is 88.0 Å². The van der Waals surface area contributed by atoms with Crippen molar-refractivity contribution in [3.63, 3.8) is 0 Å². The minimum Gasteiger partial charge on any atom is -0.456 e. The largest absolute Gasteiger partial charge is 0.456 e. The number of hydrogen-bond acceptors (Lipinski definition) is 2. The zero-order valence-electron chi connectivity index (χ0n) is 31.7. The van der Waals surface area contributed by atoms with E-state index in [2.05, 4.69) is 217 Å². The lowest BCUT2D eigenvalue weighted by Crippen LogP contribution is -2.11. The van der Waals surface area contributed by atoms with Gasteiger partial charge in [0.15, 0.2) is 0 Å². The summed E-state index contributed by atoms with van der Waals surface area (Å²) in [5, 5.41) is 7.16. The molecule has 0 radical (unpaired) electrons. The molecule has 0 amide bonds. The van der Waals surface area contributed by atoms with Crippen molar-refractivity contribution < 1.29 is 4.42 Å². The van der Waals surface area contributed by atoms with Gasteiger partial charge in [-0.15, -0.1) is 0 Å². The molecule has 0 aliphatic heterocycles. The van der Waals surface area contributed by atoms with E-state index in [0.29, 0.717) is 0 Å². The summed E-state index contributed by atoms with van der Waals surface area (Å²) in [7, 11) is 0. The van der Waals surface area contributed by atoms with E-state index in [1.807, 2.05) is 12.1 Å². The average molecular weight is 740 g/mol. The van der Waals surface area contributed by atoms with Crippen LogP contribution >= 0.6 is 0 Å². The van der Waals surface area contributed by atoms with Gasteiger partial charge in [-0.3, -0.25) is 0 Å². The van der Waals surface area contributed by atoms with Crippen molar-refractivity contribution in [3.05, 3.63) is 224 Å². The van der Waals surface area contributed by atoms with Gasteiger partial charge >= 0.3 is 0 Å². The van der Waals surface area contributed by atoms with E-state index >= 15 is 0 Å². The molecule has 11 aromatic rings. The van der Waals surface area contributed by atoms with Crippen LogP contribution < -0.4 is 4.90 Å². The van der Waals surface area contributed by atoms with E-state index in [1.54, 1.807) is 0 Å². The zero-order chi connectivity index (χ0) is 38.4. The average Bonchev–Trinajstić information content (AvgIpc) is 3.69. The quantitative estimate of drug-likeness (QED) is 0.162. The third-order valence-electron chi connectivity index (χ3n) is 11.5. The predicted molar refractivity (Wildman–Crippen MR) is 245 cm³/mol. The van der Waals surface area contributed by atoms with E-state index in [-0.39, 0.29) is 0 Å². The fourth-order valence-electron chi connectivity index (χ4n) is 8.53. The van der Waals surface area contributed by atoms with Crippen molar-refractivity contribution in [3.8, 4) is 44.5 Å². The second-order valence-electron chi connectivity index (χ2n) is 14.9. The van der Waals surface area contributed by atoms with Gasteiger partial charge in [-0.25, -0.2) is 0 Å². The Morgan fingerprint density at radius 3 is 1.66 bits per heavy atom. The first-order valence-electron chi connectivity index (χ1n) is 19.8. The second kappa shape index (κ2) is 14.1. The first-order chi connectivity index (χ1) is 28.7. The highest BCUT2D eigenvalue weighted by Gasteiger charge is 2.19. The van der Waals surface area contributed by atoms with Crippen LogP contribution in [0.15, 0.2) is 229 Å². The van der Waals surface area contributed by atoms with Crippen LogP contribution in [-0.4, -0.2) is 0 Å². The van der Waals surface area contributed by atoms with Gasteiger partial charge < -0.3 is 9.32 Å². The van der Waals surface area contributed by atoms with Gasteiger partial charge in [-0.1, -0.05) is 164 Å². The van der Waals surface area contributed by atoms with Gasteiger partial charge in [0.1, 0.15) is 11.2 Å². The summed E-state index contributed by atoms with van der Waals surface area (Å²) in [5.41, 5.74) is 14.5. The van der Waals surface area contributed by atoms with Crippen LogP contribution in [0.3, 0.4) is 0 Å². The molecule has 0 spiro atoms. The number of furan rings is 1. The second-order valence-corrected chi connectivity index (χ2v) is 14.9. The van der Waals surface area contributed by atoms with Crippen molar-refractivity contribution in [1.29, 1.82) is 0 Å². The predicted octanol–water partition coefficient (Wildman–Crippen LogP) is 16.0. The SMILES string of the molecule is c1ccc(-c2ccc(N(c3ccc(-c4cccc(-c5ccc6ccccc6c5)c4)cc3)c3ccccc3-c3ccc4ccc5oc6ccccc6c5c4c3)cc2)cc1. The van der Waals surface area contributed by atoms with Crippen LogP contribution in [0.1, 0.15) is 0 Å². The van der Waals surface area contributed by atoms with Gasteiger partial charge in [0, 0.05) is 27.7 Å².